The molecule has 0 bridgehead atoms. The van der Waals surface area contributed by atoms with Crippen LogP contribution in [-0.4, -0.2) is 45.5 Å². The number of nitrogens with one attached hydrogen (secondary N) is 1. The zero-order valence-electron chi connectivity index (χ0n) is 12.5. The number of carboxylic acid groups (broad SMARTS) is 1. The first kappa shape index (κ1) is 19.6. The van der Waals surface area contributed by atoms with Gasteiger partial charge in [-0.15, -0.1) is 0 Å². The van der Waals surface area contributed by atoms with Gasteiger partial charge in [0.2, 0.25) is 0 Å². The van der Waals surface area contributed by atoms with Gasteiger partial charge in [0.05, 0.1) is 5.56 Å². The summed E-state index contributed by atoms with van der Waals surface area (Å²) in [5, 5.41) is 19.0. The van der Waals surface area contributed by atoms with Crippen LogP contribution in [0.25, 0.3) is 0 Å². The van der Waals surface area contributed by atoms with E-state index in [1.54, 1.807) is 6.07 Å². The minimum Gasteiger partial charge on any atom is -0.478 e. The molecular weight excluding hydrogens is 383 g/mol. The van der Waals surface area contributed by atoms with Gasteiger partial charge < -0.3 is 5.11 Å². The second-order valence-corrected chi connectivity index (χ2v) is 7.88. The second kappa shape index (κ2) is 8.99. The van der Waals surface area contributed by atoms with E-state index in [0.717, 1.165) is 0 Å². The maximum absolute atomic E-state index is 11.4. The van der Waals surface area contributed by atoms with Crippen LogP contribution in [0.15, 0.2) is 48.8 Å². The molecule has 1 aromatic carbocycles. The summed E-state index contributed by atoms with van der Waals surface area (Å²) in [6.07, 6.45) is 2.90. The fourth-order valence-electron chi connectivity index (χ4n) is 1.55. The van der Waals surface area contributed by atoms with Gasteiger partial charge in [-0.2, -0.15) is 0 Å². The third-order valence-corrected chi connectivity index (χ3v) is 5.12. The number of para-hydroxylation sites is 1. The van der Waals surface area contributed by atoms with Gasteiger partial charge in [0.15, 0.2) is 0 Å². The average molecular weight is 398 g/mol. The molecule has 9 nitrogen and oxygen atoms in total. The van der Waals surface area contributed by atoms with Gasteiger partial charge in [-0.1, -0.05) is 0 Å². The fourth-order valence-corrected chi connectivity index (χ4v) is 3.23. The minimum absolute atomic E-state index is 0.103. The largest absolute Gasteiger partial charge is 0.478 e. The summed E-state index contributed by atoms with van der Waals surface area (Å²) in [5.74, 6) is -1.30. The summed E-state index contributed by atoms with van der Waals surface area (Å²) in [6, 6.07) is 8.73. The van der Waals surface area contributed by atoms with Crippen LogP contribution in [0.5, 0.6) is 0 Å². The van der Waals surface area contributed by atoms with Gasteiger partial charge in [-0.3, -0.25) is 4.98 Å². The molecule has 24 heavy (non-hydrogen) atoms. The van der Waals surface area contributed by atoms with E-state index < -0.39 is 20.1 Å². The van der Waals surface area contributed by atoms with Crippen LogP contribution in [0.4, 0.5) is 5.69 Å². The number of hydrogen-bond acceptors (Lipinski definition) is 6. The number of amides is 1. The Morgan fingerprint density at radius 3 is 2.21 bits per heavy atom. The number of rotatable bonds is 4. The molecule has 0 radical (unpaired) electrons. The summed E-state index contributed by atoms with van der Waals surface area (Å²) in [6.45, 7) is 1.27. The molecular formula is C14H15AsN2O7. The van der Waals surface area contributed by atoms with Crippen LogP contribution in [0.3, 0.4) is 0 Å². The number of nitrogens with zero attached hydrogens (tertiary/aromatic N) is 1. The van der Waals surface area contributed by atoms with Crippen LogP contribution in [0.2, 0.25) is 0 Å². The number of aromatic carboxylic acids is 1. The van der Waals surface area contributed by atoms with E-state index in [1.165, 1.54) is 49.6 Å². The van der Waals surface area contributed by atoms with Crippen molar-refractivity contribution in [2.24, 2.45) is 0 Å². The molecule has 0 saturated carbocycles. The Hall–Kier alpha value is -2.45. The van der Waals surface area contributed by atoms with Crippen LogP contribution in [-0.2, 0) is 12.4 Å². The van der Waals surface area contributed by atoms with Crippen LogP contribution in [0, 0.1) is 0 Å². The molecule has 0 aliphatic rings. The van der Waals surface area contributed by atoms with E-state index in [-0.39, 0.29) is 21.5 Å². The summed E-state index contributed by atoms with van der Waals surface area (Å²) < 4.78 is 24.1. The van der Waals surface area contributed by atoms with E-state index in [1.807, 2.05) is 0 Å². The predicted octanol–water partition coefficient (Wildman–Crippen LogP) is 0.483. The maximum atomic E-state index is 11.4. The Morgan fingerprint density at radius 2 is 1.75 bits per heavy atom. The number of anilines is 1. The molecule has 1 atom stereocenters. The van der Waals surface area contributed by atoms with Gasteiger partial charge in [0.25, 0.3) is 0 Å². The number of carbonyl (C=O) groups is 2. The summed E-state index contributed by atoms with van der Waals surface area (Å²) in [5.41, 5.74) is 0.425. The first-order valence-corrected chi connectivity index (χ1v) is 9.75. The molecule has 128 valence electrons. The second-order valence-electron chi connectivity index (χ2n) is 4.34. The first-order valence-electron chi connectivity index (χ1n) is 6.44. The van der Waals surface area contributed by atoms with E-state index >= 15 is 0 Å². The third-order valence-electron chi connectivity index (χ3n) is 2.56. The van der Waals surface area contributed by atoms with Crippen molar-refractivity contribution < 1.29 is 31.7 Å². The topological polar surface area (TPSA) is 146 Å². The molecule has 1 unspecified atom stereocenters. The van der Waals surface area contributed by atoms with Gasteiger partial charge in [0, 0.05) is 12.4 Å². The number of carboxylic acids is 1. The van der Waals surface area contributed by atoms with Crippen LogP contribution < -0.4 is 9.67 Å². The number of carbonyl (C=O) groups excluding carboxylic acids is 1. The van der Waals surface area contributed by atoms with Gasteiger partial charge >= 0.3 is 94.4 Å². The molecule has 0 saturated heterocycles. The Morgan fingerprint density at radius 1 is 1.17 bits per heavy atom. The molecule has 10 heteroatoms. The predicted molar refractivity (Wildman–Crippen MR) is 83.9 cm³/mol. The van der Waals surface area contributed by atoms with E-state index in [0.29, 0.717) is 0 Å². The SMILES string of the molecule is CC(=O)Nc1ccccc1[As](=O)(O)OO.O=C(O)c1ccncc1. The molecule has 0 aliphatic heterocycles. The number of aromatic nitrogens is 1. The van der Waals surface area contributed by atoms with Gasteiger partial charge in [0.1, 0.15) is 0 Å². The monoisotopic (exact) mass is 398 g/mol. The number of benzene rings is 1. The molecule has 1 aromatic heterocycles. The number of hydrogen-bond donors (Lipinski definition) is 4. The van der Waals surface area contributed by atoms with E-state index in [9.17, 15) is 17.4 Å². The Balaban J connectivity index is 0.000000272. The van der Waals surface area contributed by atoms with Crippen molar-refractivity contribution in [1.29, 1.82) is 0 Å². The Labute approximate surface area is 139 Å². The van der Waals surface area contributed by atoms with Crippen molar-refractivity contribution in [3.63, 3.8) is 0 Å². The number of pyridine rings is 1. The van der Waals surface area contributed by atoms with Gasteiger partial charge in [-0.05, 0) is 12.1 Å². The van der Waals surface area contributed by atoms with Crippen molar-refractivity contribution in [2.75, 3.05) is 5.32 Å². The van der Waals surface area contributed by atoms with Crippen molar-refractivity contribution in [1.82, 2.24) is 4.98 Å². The molecule has 0 spiro atoms. The zero-order valence-corrected chi connectivity index (χ0v) is 14.4. The van der Waals surface area contributed by atoms with E-state index in [4.69, 9.17) is 10.4 Å². The molecule has 2 rings (SSSR count). The Bertz CT molecular complexity index is 752. The smallest absolute Gasteiger partial charge is 0.335 e. The van der Waals surface area contributed by atoms with Crippen LogP contribution >= 0.6 is 0 Å². The van der Waals surface area contributed by atoms with E-state index in [2.05, 4.69) is 14.2 Å². The molecule has 0 aliphatic carbocycles. The van der Waals surface area contributed by atoms with Crippen molar-refractivity contribution >= 4 is 36.1 Å². The molecule has 1 heterocycles. The average Bonchev–Trinajstić information content (AvgIpc) is 2.56. The molecule has 0 fully saturated rings. The molecule has 2 aromatic rings. The fraction of sp³-hybridized carbons (Fsp3) is 0.0714. The van der Waals surface area contributed by atoms with Crippen molar-refractivity contribution in [3.05, 3.63) is 54.4 Å². The maximum Gasteiger partial charge on any atom is 0.335 e. The zero-order chi connectivity index (χ0) is 18.2. The summed E-state index contributed by atoms with van der Waals surface area (Å²) in [4.78, 5) is 24.6. The van der Waals surface area contributed by atoms with Gasteiger partial charge in [-0.25, -0.2) is 4.79 Å². The normalized spacial score (nSPS) is 12.3. The minimum atomic E-state index is -4.92. The standard InChI is InChI=1S/C8H10AsNO5.C6H5NO2/c1-6(11)10-8-5-3-2-4-7(8)9(12,13)15-14;8-6(9)5-1-3-7-4-2-5/h2-5,14H,1H3,(H,10,11)(H,12,13);1-4H,(H,8,9). The first-order chi connectivity index (χ1) is 11.3. The quantitative estimate of drug-likeness (QED) is 0.331. The molecule has 4 N–H and O–H groups in total. The summed E-state index contributed by atoms with van der Waals surface area (Å²) in [7, 11) is 0. The summed E-state index contributed by atoms with van der Waals surface area (Å²) >= 11 is -4.92. The van der Waals surface area contributed by atoms with Crippen molar-refractivity contribution in [2.45, 2.75) is 6.92 Å². The molecule has 1 amide bonds. The third kappa shape index (κ3) is 5.98. The van der Waals surface area contributed by atoms with Crippen molar-refractivity contribution in [3.8, 4) is 0 Å². The Kier molecular flexibility index (Phi) is 7.34. The van der Waals surface area contributed by atoms with Crippen LogP contribution in [0.1, 0.15) is 17.3 Å².